The summed E-state index contributed by atoms with van der Waals surface area (Å²) in [5, 5.41) is 13.1. The summed E-state index contributed by atoms with van der Waals surface area (Å²) >= 11 is 0. The van der Waals surface area contributed by atoms with Gasteiger partial charge in [0.15, 0.2) is 0 Å². The van der Waals surface area contributed by atoms with Gasteiger partial charge in [0.25, 0.3) is 0 Å². The summed E-state index contributed by atoms with van der Waals surface area (Å²) in [4.78, 5) is 16.6. The summed E-state index contributed by atoms with van der Waals surface area (Å²) in [7, 11) is 3.55. The van der Waals surface area contributed by atoms with Gasteiger partial charge in [-0.25, -0.2) is 4.98 Å². The highest BCUT2D eigenvalue weighted by atomic mass is 16.5. The van der Waals surface area contributed by atoms with E-state index < -0.39 is 0 Å². The fraction of sp³-hybridized carbons (Fsp3) is 0.360. The maximum atomic E-state index is 12.2. The number of nitrogens with one attached hydrogen (secondary N) is 1. The maximum Gasteiger partial charge on any atom is 0.228 e. The van der Waals surface area contributed by atoms with Gasteiger partial charge in [-0.2, -0.15) is 10.2 Å². The fourth-order valence-electron chi connectivity index (χ4n) is 4.48. The molecule has 0 unspecified atom stereocenters. The lowest BCUT2D eigenvalue weighted by atomic mass is 10.0. The van der Waals surface area contributed by atoms with Gasteiger partial charge in [0.1, 0.15) is 17.3 Å². The van der Waals surface area contributed by atoms with Crippen molar-refractivity contribution in [2.24, 2.45) is 13.0 Å². The van der Waals surface area contributed by atoms with Crippen molar-refractivity contribution >= 4 is 22.6 Å². The monoisotopic (exact) mass is 458 g/mol. The number of pyridine rings is 1. The van der Waals surface area contributed by atoms with Crippen molar-refractivity contribution in [3.05, 3.63) is 42.9 Å². The fourth-order valence-corrected chi connectivity index (χ4v) is 4.48. The van der Waals surface area contributed by atoms with Crippen LogP contribution in [-0.4, -0.2) is 50.8 Å². The number of amides is 1. The van der Waals surface area contributed by atoms with E-state index in [4.69, 9.17) is 14.6 Å². The van der Waals surface area contributed by atoms with Crippen LogP contribution in [0.25, 0.3) is 33.3 Å². The molecule has 3 aromatic heterocycles. The molecule has 9 nitrogen and oxygen atoms in total. The highest BCUT2D eigenvalue weighted by Gasteiger charge is 2.30. The minimum absolute atomic E-state index is 0.0314. The van der Waals surface area contributed by atoms with E-state index in [9.17, 15) is 4.79 Å². The Kier molecular flexibility index (Phi) is 5.06. The zero-order valence-electron chi connectivity index (χ0n) is 19.2. The number of carbonyl (C=O) groups is 1. The first-order valence-corrected chi connectivity index (χ1v) is 11.5. The summed E-state index contributed by atoms with van der Waals surface area (Å²) in [5.74, 6) is 1.40. The average Bonchev–Trinajstić information content (AvgIpc) is 3.21. The zero-order valence-corrected chi connectivity index (χ0v) is 19.2. The topological polar surface area (TPSA) is 96.1 Å². The number of aromatic nitrogens is 5. The van der Waals surface area contributed by atoms with Gasteiger partial charge in [0.05, 0.1) is 37.7 Å². The van der Waals surface area contributed by atoms with Crippen molar-refractivity contribution in [1.82, 2.24) is 24.5 Å². The van der Waals surface area contributed by atoms with Crippen LogP contribution in [0.2, 0.25) is 0 Å². The molecule has 1 aliphatic heterocycles. The van der Waals surface area contributed by atoms with Crippen LogP contribution in [-0.2, 0) is 16.6 Å². The third-order valence-electron chi connectivity index (χ3n) is 6.61. The summed E-state index contributed by atoms with van der Waals surface area (Å²) < 4.78 is 15.1. The van der Waals surface area contributed by atoms with Crippen molar-refractivity contribution in [1.29, 1.82) is 0 Å². The van der Waals surface area contributed by atoms with Gasteiger partial charge in [0.2, 0.25) is 5.91 Å². The third kappa shape index (κ3) is 3.71. The molecular formula is C25H26N6O3. The predicted molar refractivity (Wildman–Crippen MR) is 128 cm³/mol. The molecule has 1 amide bonds. The van der Waals surface area contributed by atoms with E-state index in [1.54, 1.807) is 18.0 Å². The highest BCUT2D eigenvalue weighted by Crippen LogP contribution is 2.38. The Labute approximate surface area is 196 Å². The number of ether oxygens (including phenoxy) is 2. The van der Waals surface area contributed by atoms with Gasteiger partial charge in [-0.05, 0) is 43.0 Å². The maximum absolute atomic E-state index is 12.2. The second kappa shape index (κ2) is 8.25. The lowest BCUT2D eigenvalue weighted by Crippen LogP contribution is -2.14. The molecule has 2 fully saturated rings. The first kappa shape index (κ1) is 20.9. The number of rotatable bonds is 6. The normalized spacial score (nSPS) is 17.9. The molecule has 9 heteroatoms. The van der Waals surface area contributed by atoms with E-state index in [-0.39, 0.29) is 17.9 Å². The molecule has 1 atom stereocenters. The van der Waals surface area contributed by atoms with Gasteiger partial charge in [0, 0.05) is 42.3 Å². The van der Waals surface area contributed by atoms with Gasteiger partial charge in [-0.1, -0.05) is 6.07 Å². The number of anilines is 1. The molecule has 1 N–H and O–H groups in total. The lowest BCUT2D eigenvalue weighted by Gasteiger charge is -2.10. The Morgan fingerprint density at radius 1 is 1.18 bits per heavy atom. The van der Waals surface area contributed by atoms with E-state index >= 15 is 0 Å². The van der Waals surface area contributed by atoms with Crippen LogP contribution in [0.5, 0.6) is 5.75 Å². The highest BCUT2D eigenvalue weighted by molar-refractivity contribution is 5.99. The minimum Gasteiger partial charge on any atom is -0.496 e. The summed E-state index contributed by atoms with van der Waals surface area (Å²) in [6, 6.07) is 8.27. The molecule has 1 aromatic carbocycles. The number of nitrogens with zero attached hydrogens (tertiary/aromatic N) is 5. The van der Waals surface area contributed by atoms with E-state index in [0.717, 1.165) is 64.9 Å². The molecule has 1 saturated heterocycles. The van der Waals surface area contributed by atoms with Crippen molar-refractivity contribution in [3.63, 3.8) is 0 Å². The summed E-state index contributed by atoms with van der Waals surface area (Å²) in [6.45, 7) is 1.48. The average molecular weight is 459 g/mol. The third-order valence-corrected chi connectivity index (χ3v) is 6.61. The van der Waals surface area contributed by atoms with Gasteiger partial charge < -0.3 is 14.8 Å². The number of carbonyl (C=O) groups excluding carboxylic acids is 1. The van der Waals surface area contributed by atoms with E-state index in [1.165, 1.54) is 0 Å². The molecule has 6 rings (SSSR count). The molecule has 174 valence electrons. The molecule has 2 aliphatic rings. The quantitative estimate of drug-likeness (QED) is 0.472. The first-order valence-electron chi connectivity index (χ1n) is 11.5. The Hall–Kier alpha value is -3.72. The van der Waals surface area contributed by atoms with E-state index in [2.05, 4.69) is 27.7 Å². The van der Waals surface area contributed by atoms with Crippen molar-refractivity contribution in [3.8, 4) is 28.1 Å². The molecular weight excluding hydrogens is 432 g/mol. The Balaban J connectivity index is 1.36. The van der Waals surface area contributed by atoms with Crippen molar-refractivity contribution in [2.45, 2.75) is 25.3 Å². The molecule has 34 heavy (non-hydrogen) atoms. The molecule has 4 heterocycles. The number of methoxy groups -OCH3 is 1. The number of aryl methyl sites for hydroxylation is 1. The Bertz CT molecular complexity index is 1380. The standard InChI is InChI=1S/C25H26N6O3/c1-30-21-12-26-23(28-25(32)15-3-4-15)10-20(21)24(29-30)19-6-5-16(9-22(19)33-2)17-11-27-31(13-17)18-7-8-34-14-18/h5-6,9-13,15,18H,3-4,7-8,14H2,1-2H3,(H,26,28,32)/t18-/m1/s1. The minimum atomic E-state index is 0.0314. The van der Waals surface area contributed by atoms with Crippen LogP contribution in [0.15, 0.2) is 42.9 Å². The molecule has 0 spiro atoms. The zero-order chi connectivity index (χ0) is 23.2. The summed E-state index contributed by atoms with van der Waals surface area (Å²) in [5.41, 5.74) is 4.58. The SMILES string of the molecule is COc1cc(-c2cnn([C@@H]3CCOC3)c2)ccc1-c1nn(C)c2cnc(NC(=O)C3CC3)cc12. The molecule has 0 radical (unpaired) electrons. The van der Waals surface area contributed by atoms with E-state index in [0.29, 0.717) is 12.4 Å². The van der Waals surface area contributed by atoms with Crippen molar-refractivity contribution in [2.75, 3.05) is 25.6 Å². The smallest absolute Gasteiger partial charge is 0.228 e. The first-order chi connectivity index (χ1) is 16.6. The Morgan fingerprint density at radius 2 is 2.06 bits per heavy atom. The van der Waals surface area contributed by atoms with Crippen LogP contribution in [0, 0.1) is 5.92 Å². The number of hydrogen-bond donors (Lipinski definition) is 1. The van der Waals surface area contributed by atoms with E-state index in [1.807, 2.05) is 36.1 Å². The lowest BCUT2D eigenvalue weighted by molar-refractivity contribution is -0.117. The second-order valence-corrected chi connectivity index (χ2v) is 8.96. The Morgan fingerprint density at radius 3 is 2.82 bits per heavy atom. The van der Waals surface area contributed by atoms with Crippen LogP contribution in [0.4, 0.5) is 5.82 Å². The molecule has 1 aliphatic carbocycles. The van der Waals surface area contributed by atoms with Crippen LogP contribution >= 0.6 is 0 Å². The largest absolute Gasteiger partial charge is 0.496 e. The van der Waals surface area contributed by atoms with Gasteiger partial charge >= 0.3 is 0 Å². The van der Waals surface area contributed by atoms with Crippen LogP contribution in [0.1, 0.15) is 25.3 Å². The van der Waals surface area contributed by atoms with Crippen LogP contribution in [0.3, 0.4) is 0 Å². The molecule has 1 saturated carbocycles. The number of benzene rings is 1. The number of fused-ring (bicyclic) bond motifs is 1. The molecule has 4 aromatic rings. The van der Waals surface area contributed by atoms with Gasteiger partial charge in [-0.15, -0.1) is 0 Å². The molecule has 0 bridgehead atoms. The van der Waals surface area contributed by atoms with Crippen molar-refractivity contribution < 1.29 is 14.3 Å². The van der Waals surface area contributed by atoms with Crippen LogP contribution < -0.4 is 10.1 Å². The van der Waals surface area contributed by atoms with Gasteiger partial charge in [-0.3, -0.25) is 14.2 Å². The predicted octanol–water partition coefficient (Wildman–Crippen LogP) is 3.82. The number of hydrogen-bond acceptors (Lipinski definition) is 6. The second-order valence-electron chi connectivity index (χ2n) is 8.96. The summed E-state index contributed by atoms with van der Waals surface area (Å²) in [6.07, 6.45) is 8.56.